The third-order valence-electron chi connectivity index (χ3n) is 6.64. The number of benzene rings is 1. The third kappa shape index (κ3) is 6.78. The molecule has 1 amide bonds. The van der Waals surface area contributed by atoms with Crippen molar-refractivity contribution < 1.29 is 27.5 Å². The average molecular weight is 580 g/mol. The number of esters is 1. The summed E-state index contributed by atoms with van der Waals surface area (Å²) in [5, 5.41) is 6.46. The van der Waals surface area contributed by atoms with Crippen molar-refractivity contribution in [3.63, 3.8) is 0 Å². The lowest BCUT2D eigenvalue weighted by Crippen LogP contribution is -2.40. The number of thiophene rings is 1. The molecule has 2 N–H and O–H groups in total. The first-order valence-corrected chi connectivity index (χ1v) is 15.4. The molecule has 1 saturated heterocycles. The number of rotatable bonds is 8. The van der Waals surface area contributed by atoms with Gasteiger partial charge in [-0.3, -0.25) is 4.79 Å². The van der Waals surface area contributed by atoms with Gasteiger partial charge in [0.1, 0.15) is 5.00 Å². The molecule has 1 atom stereocenters. The highest BCUT2D eigenvalue weighted by atomic mass is 32.2. The van der Waals surface area contributed by atoms with Crippen molar-refractivity contribution in [2.45, 2.75) is 50.8 Å². The highest BCUT2D eigenvalue weighted by molar-refractivity contribution is 7.89. The number of thiocarbonyl (C=S) groups is 1. The summed E-state index contributed by atoms with van der Waals surface area (Å²) in [4.78, 5) is 26.6. The van der Waals surface area contributed by atoms with Gasteiger partial charge in [0.05, 0.1) is 30.3 Å². The van der Waals surface area contributed by atoms with Gasteiger partial charge in [0, 0.05) is 24.4 Å². The maximum atomic E-state index is 12.8. The molecular formula is C26H33N3O6S3. The Balaban J connectivity index is 1.33. The topological polar surface area (TPSA) is 114 Å². The lowest BCUT2D eigenvalue weighted by Gasteiger charge is -2.26. The zero-order valence-corrected chi connectivity index (χ0v) is 24.0. The van der Waals surface area contributed by atoms with Crippen molar-refractivity contribution in [2.75, 3.05) is 38.2 Å². The Morgan fingerprint density at radius 1 is 1.21 bits per heavy atom. The summed E-state index contributed by atoms with van der Waals surface area (Å²) < 4.78 is 37.5. The van der Waals surface area contributed by atoms with Gasteiger partial charge in [0.2, 0.25) is 15.9 Å². The SMILES string of the molecule is CCOC(=O)c1c(NC(=S)NC(=O)CCc2ccc(S(=O)(=O)N3CCOCC3)cc2)sc2c1CCC(C)C2. The third-order valence-corrected chi connectivity index (χ3v) is 9.93. The monoisotopic (exact) mass is 579 g/mol. The number of carbonyl (C=O) groups is 2. The first-order chi connectivity index (χ1) is 18.2. The largest absolute Gasteiger partial charge is 0.462 e. The molecule has 0 bridgehead atoms. The van der Waals surface area contributed by atoms with Crippen LogP contribution >= 0.6 is 23.6 Å². The van der Waals surface area contributed by atoms with E-state index < -0.39 is 10.0 Å². The predicted molar refractivity (Wildman–Crippen MR) is 150 cm³/mol. The second kappa shape index (κ2) is 12.6. The Kier molecular flexibility index (Phi) is 9.53. The van der Waals surface area contributed by atoms with E-state index >= 15 is 0 Å². The van der Waals surface area contributed by atoms with E-state index in [1.165, 1.54) is 15.6 Å². The van der Waals surface area contributed by atoms with Gasteiger partial charge >= 0.3 is 5.97 Å². The maximum Gasteiger partial charge on any atom is 0.341 e. The van der Waals surface area contributed by atoms with Crippen molar-refractivity contribution in [1.29, 1.82) is 0 Å². The Morgan fingerprint density at radius 3 is 2.61 bits per heavy atom. The molecule has 0 spiro atoms. The van der Waals surface area contributed by atoms with Crippen molar-refractivity contribution in [3.8, 4) is 0 Å². The molecule has 1 aliphatic heterocycles. The second-order valence-corrected chi connectivity index (χ2v) is 12.9. The number of morpholine rings is 1. The Hall–Kier alpha value is -2.38. The normalized spacial score (nSPS) is 17.9. The van der Waals surface area contributed by atoms with E-state index in [1.807, 2.05) is 0 Å². The molecule has 1 aromatic carbocycles. The number of nitrogens with zero attached hydrogens (tertiary/aromatic N) is 1. The summed E-state index contributed by atoms with van der Waals surface area (Å²) in [6.45, 7) is 5.71. The van der Waals surface area contributed by atoms with Gasteiger partial charge in [-0.1, -0.05) is 19.1 Å². The zero-order chi connectivity index (χ0) is 27.3. The first kappa shape index (κ1) is 28.6. The van der Waals surface area contributed by atoms with Crippen LogP contribution in [-0.4, -0.2) is 62.6 Å². The standard InChI is InChI=1S/C26H33N3O6S3/c1-3-35-25(31)23-20-10-4-17(2)16-21(20)37-24(23)28-26(36)27-22(30)11-7-18-5-8-19(9-6-18)38(32,33)29-12-14-34-15-13-29/h5-6,8-9,17H,3-4,7,10-16H2,1-2H3,(H2,27,28,30,36). The molecule has 38 heavy (non-hydrogen) atoms. The molecule has 1 fully saturated rings. The van der Waals surface area contributed by atoms with Crippen LogP contribution in [0.25, 0.3) is 0 Å². The van der Waals surface area contributed by atoms with Crippen LogP contribution < -0.4 is 10.6 Å². The molecule has 9 nitrogen and oxygen atoms in total. The predicted octanol–water partition coefficient (Wildman–Crippen LogP) is 3.52. The van der Waals surface area contributed by atoms with Gasteiger partial charge in [-0.15, -0.1) is 11.3 Å². The smallest absolute Gasteiger partial charge is 0.341 e. The summed E-state index contributed by atoms with van der Waals surface area (Å²) in [7, 11) is -3.56. The van der Waals surface area contributed by atoms with E-state index in [-0.39, 0.29) is 34.9 Å². The number of amides is 1. The van der Waals surface area contributed by atoms with Gasteiger partial charge in [-0.05, 0) is 74.0 Å². The summed E-state index contributed by atoms with van der Waals surface area (Å²) in [6.07, 6.45) is 3.32. The number of anilines is 1. The molecule has 1 unspecified atom stereocenters. The van der Waals surface area contributed by atoms with Crippen molar-refractivity contribution in [3.05, 3.63) is 45.8 Å². The van der Waals surface area contributed by atoms with Crippen LogP contribution in [-0.2, 0) is 43.6 Å². The number of nitrogens with one attached hydrogen (secondary N) is 2. The Labute approximate surface area is 232 Å². The van der Waals surface area contributed by atoms with Crippen molar-refractivity contribution >= 4 is 55.6 Å². The van der Waals surface area contributed by atoms with Crippen LogP contribution in [0.4, 0.5) is 5.00 Å². The summed E-state index contributed by atoms with van der Waals surface area (Å²) >= 11 is 6.86. The molecule has 2 aliphatic rings. The summed E-state index contributed by atoms with van der Waals surface area (Å²) in [6, 6.07) is 6.58. The molecule has 4 rings (SSSR count). The number of sulfonamides is 1. The van der Waals surface area contributed by atoms with E-state index in [4.69, 9.17) is 21.7 Å². The van der Waals surface area contributed by atoms with Crippen LogP contribution in [0.5, 0.6) is 0 Å². The summed E-state index contributed by atoms with van der Waals surface area (Å²) in [5.41, 5.74) is 2.37. The lowest BCUT2D eigenvalue weighted by atomic mass is 9.88. The number of fused-ring (bicyclic) bond motifs is 1. The fraction of sp³-hybridized carbons (Fsp3) is 0.500. The van der Waals surface area contributed by atoms with Crippen LogP contribution in [0.15, 0.2) is 29.2 Å². The van der Waals surface area contributed by atoms with Gasteiger partial charge in [-0.25, -0.2) is 13.2 Å². The molecule has 0 saturated carbocycles. The van der Waals surface area contributed by atoms with Crippen molar-refractivity contribution in [1.82, 2.24) is 9.62 Å². The molecule has 2 heterocycles. The second-order valence-electron chi connectivity index (χ2n) is 9.44. The zero-order valence-electron chi connectivity index (χ0n) is 21.6. The maximum absolute atomic E-state index is 12.8. The summed E-state index contributed by atoms with van der Waals surface area (Å²) in [5.74, 6) is -0.111. The van der Waals surface area contributed by atoms with Crippen LogP contribution in [0, 0.1) is 5.92 Å². The quantitative estimate of drug-likeness (QED) is 0.361. The number of ether oxygens (including phenoxy) is 2. The fourth-order valence-corrected chi connectivity index (χ4v) is 7.70. The lowest BCUT2D eigenvalue weighted by molar-refractivity contribution is -0.119. The molecule has 0 radical (unpaired) electrons. The Morgan fingerprint density at radius 2 is 1.92 bits per heavy atom. The Bertz CT molecular complexity index is 1280. The van der Waals surface area contributed by atoms with Crippen molar-refractivity contribution in [2.24, 2.45) is 5.92 Å². The molecule has 2 aromatic rings. The van der Waals surface area contributed by atoms with Gasteiger partial charge in [0.15, 0.2) is 5.11 Å². The van der Waals surface area contributed by atoms with Gasteiger partial charge in [-0.2, -0.15) is 4.31 Å². The molecule has 1 aromatic heterocycles. The van der Waals surface area contributed by atoms with Crippen LogP contribution in [0.3, 0.4) is 0 Å². The van der Waals surface area contributed by atoms with E-state index in [0.717, 1.165) is 35.3 Å². The number of aryl methyl sites for hydroxylation is 1. The molecular weight excluding hydrogens is 547 g/mol. The minimum Gasteiger partial charge on any atom is -0.462 e. The van der Waals surface area contributed by atoms with Crippen LogP contribution in [0.2, 0.25) is 0 Å². The van der Waals surface area contributed by atoms with E-state index in [9.17, 15) is 18.0 Å². The fourth-order valence-electron chi connectivity index (χ4n) is 4.60. The molecule has 12 heteroatoms. The first-order valence-electron chi connectivity index (χ1n) is 12.8. The van der Waals surface area contributed by atoms with E-state index in [1.54, 1.807) is 31.2 Å². The average Bonchev–Trinajstić information content (AvgIpc) is 3.25. The van der Waals surface area contributed by atoms with Crippen LogP contribution in [0.1, 0.15) is 53.1 Å². The minimum atomic E-state index is -3.56. The highest BCUT2D eigenvalue weighted by Crippen LogP contribution is 2.40. The van der Waals surface area contributed by atoms with Gasteiger partial charge < -0.3 is 20.1 Å². The number of carbonyl (C=O) groups excluding carboxylic acids is 2. The highest BCUT2D eigenvalue weighted by Gasteiger charge is 2.29. The minimum absolute atomic E-state index is 0.124. The molecule has 1 aliphatic carbocycles. The van der Waals surface area contributed by atoms with E-state index in [2.05, 4.69) is 17.6 Å². The number of hydrogen-bond donors (Lipinski definition) is 2. The van der Waals surface area contributed by atoms with E-state index in [0.29, 0.717) is 49.2 Å². The van der Waals surface area contributed by atoms with Gasteiger partial charge in [0.25, 0.3) is 0 Å². The number of hydrogen-bond acceptors (Lipinski definition) is 8. The molecule has 206 valence electrons.